The van der Waals surface area contributed by atoms with E-state index in [1.807, 2.05) is 6.08 Å². The summed E-state index contributed by atoms with van der Waals surface area (Å²) in [5.74, 6) is 0. The van der Waals surface area contributed by atoms with Crippen LogP contribution in [0.3, 0.4) is 0 Å². The molecule has 13 heavy (non-hydrogen) atoms. The van der Waals surface area contributed by atoms with Crippen LogP contribution in [0.1, 0.15) is 32.1 Å². The molecule has 4 heteroatoms. The largest absolute Gasteiger partial charge is 0.390 e. The van der Waals surface area contributed by atoms with Crippen LogP contribution in [0, 0.1) is 0 Å². The van der Waals surface area contributed by atoms with E-state index >= 15 is 0 Å². The van der Waals surface area contributed by atoms with E-state index in [0.29, 0.717) is 0 Å². The molecule has 0 aromatic heterocycles. The van der Waals surface area contributed by atoms with Crippen molar-refractivity contribution in [2.45, 2.75) is 44.3 Å². The van der Waals surface area contributed by atoms with E-state index < -0.39 is 18.6 Å². The summed E-state index contributed by atoms with van der Waals surface area (Å²) in [5.41, 5.74) is 6.23. The summed E-state index contributed by atoms with van der Waals surface area (Å²) in [7, 11) is 0. The van der Waals surface area contributed by atoms with Gasteiger partial charge in [-0.1, -0.05) is 11.6 Å². The molecule has 0 amide bonds. The van der Waals surface area contributed by atoms with Crippen molar-refractivity contribution in [2.24, 2.45) is 5.73 Å². The molecule has 0 heterocycles. The van der Waals surface area contributed by atoms with E-state index in [2.05, 4.69) is 0 Å². The van der Waals surface area contributed by atoms with Gasteiger partial charge < -0.3 is 5.73 Å². The average Bonchev–Trinajstić information content (AvgIpc) is 2.03. The zero-order chi connectivity index (χ0) is 9.90. The summed E-state index contributed by atoms with van der Waals surface area (Å²) in [4.78, 5) is 0. The molecule has 1 nitrogen and oxygen atoms in total. The summed E-state index contributed by atoms with van der Waals surface area (Å²) in [6, 6.07) is -0.819. The fraction of sp³-hybridized carbons (Fsp3) is 0.778. The number of alkyl halides is 3. The van der Waals surface area contributed by atoms with E-state index in [9.17, 15) is 13.2 Å². The van der Waals surface area contributed by atoms with Gasteiger partial charge in [-0.15, -0.1) is 0 Å². The quantitative estimate of drug-likeness (QED) is 0.670. The first kappa shape index (κ1) is 10.6. The van der Waals surface area contributed by atoms with Gasteiger partial charge in [-0.05, 0) is 25.7 Å². The maximum absolute atomic E-state index is 12.0. The van der Waals surface area contributed by atoms with Gasteiger partial charge in [0.05, 0.1) is 6.42 Å². The van der Waals surface area contributed by atoms with Crippen LogP contribution >= 0.6 is 0 Å². The molecule has 1 rings (SSSR count). The van der Waals surface area contributed by atoms with Gasteiger partial charge in [0.15, 0.2) is 0 Å². The van der Waals surface area contributed by atoms with Crippen molar-refractivity contribution in [1.29, 1.82) is 0 Å². The zero-order valence-corrected chi connectivity index (χ0v) is 7.40. The summed E-state index contributed by atoms with van der Waals surface area (Å²) in [6.07, 6.45) is 0.480. The molecule has 0 saturated heterocycles. The molecule has 0 bridgehead atoms. The highest BCUT2D eigenvalue weighted by Crippen LogP contribution is 2.27. The van der Waals surface area contributed by atoms with Gasteiger partial charge in [0.1, 0.15) is 0 Å². The molecule has 0 spiro atoms. The molecule has 0 aromatic carbocycles. The summed E-state index contributed by atoms with van der Waals surface area (Å²) >= 11 is 0. The van der Waals surface area contributed by atoms with Crippen molar-refractivity contribution in [3.05, 3.63) is 11.6 Å². The van der Waals surface area contributed by atoms with E-state index in [0.717, 1.165) is 31.3 Å². The third-order valence-electron chi connectivity index (χ3n) is 2.25. The van der Waals surface area contributed by atoms with Crippen LogP contribution in [0.4, 0.5) is 13.2 Å². The molecule has 0 saturated carbocycles. The molecule has 76 valence electrons. The van der Waals surface area contributed by atoms with Crippen molar-refractivity contribution >= 4 is 0 Å². The van der Waals surface area contributed by atoms with Crippen LogP contribution in [-0.4, -0.2) is 12.2 Å². The van der Waals surface area contributed by atoms with Crippen LogP contribution in [0.5, 0.6) is 0 Å². The van der Waals surface area contributed by atoms with Crippen LogP contribution < -0.4 is 5.73 Å². The summed E-state index contributed by atoms with van der Waals surface area (Å²) in [6.45, 7) is 0. The van der Waals surface area contributed by atoms with Crippen LogP contribution in [-0.2, 0) is 0 Å². The Kier molecular flexibility index (Phi) is 3.36. The minimum atomic E-state index is -4.14. The Morgan fingerprint density at radius 3 is 2.54 bits per heavy atom. The first-order chi connectivity index (χ1) is 5.99. The number of allylic oxidation sites excluding steroid dienone is 1. The molecule has 2 N–H and O–H groups in total. The maximum Gasteiger partial charge on any atom is 0.390 e. The fourth-order valence-corrected chi connectivity index (χ4v) is 1.58. The molecule has 1 aliphatic carbocycles. The first-order valence-electron chi connectivity index (χ1n) is 4.50. The first-order valence-corrected chi connectivity index (χ1v) is 4.50. The van der Waals surface area contributed by atoms with E-state index in [1.54, 1.807) is 0 Å². The highest BCUT2D eigenvalue weighted by Gasteiger charge is 2.31. The Morgan fingerprint density at radius 2 is 2.08 bits per heavy atom. The second-order valence-electron chi connectivity index (χ2n) is 3.45. The minimum absolute atomic E-state index is 0.733. The predicted octanol–water partition coefficient (Wildman–Crippen LogP) is 2.77. The molecule has 0 radical (unpaired) electrons. The Hall–Kier alpha value is -0.510. The second-order valence-corrected chi connectivity index (χ2v) is 3.45. The van der Waals surface area contributed by atoms with Gasteiger partial charge in [0.2, 0.25) is 0 Å². The van der Waals surface area contributed by atoms with Crippen molar-refractivity contribution < 1.29 is 13.2 Å². The zero-order valence-electron chi connectivity index (χ0n) is 7.40. The van der Waals surface area contributed by atoms with Crippen molar-refractivity contribution in [3.63, 3.8) is 0 Å². The highest BCUT2D eigenvalue weighted by atomic mass is 19.4. The smallest absolute Gasteiger partial charge is 0.324 e. The van der Waals surface area contributed by atoms with Crippen molar-refractivity contribution in [2.75, 3.05) is 0 Å². The molecular formula is C9H14F3N. The lowest BCUT2D eigenvalue weighted by atomic mass is 9.93. The van der Waals surface area contributed by atoms with Crippen molar-refractivity contribution in [1.82, 2.24) is 0 Å². The molecule has 1 aliphatic rings. The highest BCUT2D eigenvalue weighted by molar-refractivity contribution is 5.12. The number of nitrogens with two attached hydrogens (primary N) is 1. The Labute approximate surface area is 75.8 Å². The molecular weight excluding hydrogens is 179 g/mol. The van der Waals surface area contributed by atoms with Crippen LogP contribution in [0.15, 0.2) is 11.6 Å². The number of rotatable bonds is 2. The topological polar surface area (TPSA) is 26.0 Å². The van der Waals surface area contributed by atoms with Gasteiger partial charge in [0.25, 0.3) is 0 Å². The van der Waals surface area contributed by atoms with Crippen LogP contribution in [0.2, 0.25) is 0 Å². The van der Waals surface area contributed by atoms with Crippen molar-refractivity contribution in [3.8, 4) is 0 Å². The number of hydrogen-bond acceptors (Lipinski definition) is 1. The Morgan fingerprint density at radius 1 is 1.38 bits per heavy atom. The van der Waals surface area contributed by atoms with E-state index in [1.165, 1.54) is 0 Å². The summed E-state index contributed by atoms with van der Waals surface area (Å²) < 4.78 is 35.9. The summed E-state index contributed by atoms with van der Waals surface area (Å²) in [5, 5.41) is 0. The fourth-order valence-electron chi connectivity index (χ4n) is 1.58. The predicted molar refractivity (Wildman–Crippen MR) is 45.2 cm³/mol. The monoisotopic (exact) mass is 193 g/mol. The third kappa shape index (κ3) is 3.81. The van der Waals surface area contributed by atoms with E-state index in [4.69, 9.17) is 5.73 Å². The van der Waals surface area contributed by atoms with Gasteiger partial charge in [-0.25, -0.2) is 0 Å². The third-order valence-corrected chi connectivity index (χ3v) is 2.25. The molecule has 1 atom stereocenters. The number of hydrogen-bond donors (Lipinski definition) is 1. The van der Waals surface area contributed by atoms with E-state index in [-0.39, 0.29) is 0 Å². The molecule has 0 aliphatic heterocycles. The lowest BCUT2D eigenvalue weighted by Crippen LogP contribution is -2.30. The second kappa shape index (κ2) is 4.13. The standard InChI is InChI=1S/C9H14F3N/c10-9(11,12)6-8(13)7-4-2-1-3-5-7/h4,8H,1-3,5-6,13H2. The van der Waals surface area contributed by atoms with Gasteiger partial charge in [-0.2, -0.15) is 13.2 Å². The van der Waals surface area contributed by atoms with Gasteiger partial charge in [-0.3, -0.25) is 0 Å². The maximum atomic E-state index is 12.0. The average molecular weight is 193 g/mol. The molecule has 1 unspecified atom stereocenters. The minimum Gasteiger partial charge on any atom is -0.324 e. The number of halogens is 3. The lowest BCUT2D eigenvalue weighted by molar-refractivity contribution is -0.136. The van der Waals surface area contributed by atoms with Crippen LogP contribution in [0.25, 0.3) is 0 Å². The SMILES string of the molecule is NC(CC(F)(F)F)C1=CCCCC1. The molecule has 0 fully saturated rings. The molecule has 0 aromatic rings. The normalized spacial score (nSPS) is 21.1. The Bertz CT molecular complexity index is 196. The van der Waals surface area contributed by atoms with Gasteiger partial charge >= 0.3 is 6.18 Å². The Balaban J connectivity index is 2.47. The lowest BCUT2D eigenvalue weighted by Gasteiger charge is -2.20. The van der Waals surface area contributed by atoms with Gasteiger partial charge in [0, 0.05) is 6.04 Å².